The van der Waals surface area contributed by atoms with Crippen molar-refractivity contribution in [3.8, 4) is 0 Å². The van der Waals surface area contributed by atoms with E-state index in [4.69, 9.17) is 0 Å². The first-order valence-corrected chi connectivity index (χ1v) is 10.9. The van der Waals surface area contributed by atoms with E-state index in [9.17, 15) is 19.2 Å². The van der Waals surface area contributed by atoms with Gasteiger partial charge in [0.2, 0.25) is 0 Å². The molecule has 8 nitrogen and oxygen atoms in total. The Hall–Kier alpha value is -3.68. The van der Waals surface area contributed by atoms with Gasteiger partial charge in [-0.25, -0.2) is 9.59 Å². The molecule has 0 fully saturated rings. The van der Waals surface area contributed by atoms with Gasteiger partial charge in [-0.1, -0.05) is 51.0 Å². The molecule has 168 valence electrons. The lowest BCUT2D eigenvalue weighted by Crippen LogP contribution is -2.32. The smallest absolute Gasteiger partial charge is 0.319 e. The van der Waals surface area contributed by atoms with Crippen molar-refractivity contribution in [2.75, 3.05) is 23.7 Å². The fraction of sp³-hybridized carbons (Fsp3) is 0.333. The highest BCUT2D eigenvalue weighted by atomic mass is 16.2. The summed E-state index contributed by atoms with van der Waals surface area (Å²) in [4.78, 5) is 51.1. The fourth-order valence-corrected chi connectivity index (χ4v) is 3.54. The molecule has 8 heteroatoms. The van der Waals surface area contributed by atoms with Crippen molar-refractivity contribution < 1.29 is 19.2 Å². The van der Waals surface area contributed by atoms with Crippen LogP contribution in [0.4, 0.5) is 21.0 Å². The molecule has 4 amide bonds. The van der Waals surface area contributed by atoms with Gasteiger partial charge in [-0.2, -0.15) is 0 Å². The molecule has 2 aromatic carbocycles. The molecule has 32 heavy (non-hydrogen) atoms. The standard InChI is InChI=1S/C24H28N4O4/c1-3-5-13-25-23(31)27-17-11-7-9-15-19(17)21(29)16-10-8-12-18(20(16)22(15)30)28-24(32)26-14-6-4-2/h7-12H,3-6,13-14H2,1-2H3,(H2,25,27,31)(H2,26,28,32). The van der Waals surface area contributed by atoms with Crippen LogP contribution in [0.15, 0.2) is 36.4 Å². The number of urea groups is 2. The molecule has 0 unspecified atom stereocenters. The number of rotatable bonds is 8. The third-order valence-electron chi connectivity index (χ3n) is 5.20. The fourth-order valence-electron chi connectivity index (χ4n) is 3.54. The molecule has 0 atom stereocenters. The number of hydrogen-bond donors (Lipinski definition) is 4. The second-order valence-corrected chi connectivity index (χ2v) is 7.58. The Morgan fingerprint density at radius 3 is 1.47 bits per heavy atom. The Balaban J connectivity index is 1.88. The van der Waals surface area contributed by atoms with Crippen LogP contribution >= 0.6 is 0 Å². The van der Waals surface area contributed by atoms with Crippen LogP contribution in [-0.2, 0) is 0 Å². The minimum absolute atomic E-state index is 0.153. The van der Waals surface area contributed by atoms with Crippen LogP contribution in [0.25, 0.3) is 0 Å². The molecular formula is C24H28N4O4. The highest BCUT2D eigenvalue weighted by Gasteiger charge is 2.34. The minimum atomic E-state index is -0.433. The lowest BCUT2D eigenvalue weighted by atomic mass is 9.82. The second kappa shape index (κ2) is 10.6. The Kier molecular flexibility index (Phi) is 7.59. The van der Waals surface area contributed by atoms with Crippen molar-refractivity contribution in [2.24, 2.45) is 0 Å². The second-order valence-electron chi connectivity index (χ2n) is 7.58. The normalized spacial score (nSPS) is 11.9. The molecule has 0 bridgehead atoms. The summed E-state index contributed by atoms with van der Waals surface area (Å²) in [6.45, 7) is 5.07. The molecule has 4 N–H and O–H groups in total. The van der Waals surface area contributed by atoms with E-state index in [0.717, 1.165) is 25.7 Å². The van der Waals surface area contributed by atoms with Crippen molar-refractivity contribution in [1.82, 2.24) is 10.6 Å². The number of amides is 4. The Labute approximate surface area is 187 Å². The maximum Gasteiger partial charge on any atom is 0.319 e. The molecule has 0 aromatic heterocycles. The quantitative estimate of drug-likeness (QED) is 0.394. The largest absolute Gasteiger partial charge is 0.338 e. The summed E-state index contributed by atoms with van der Waals surface area (Å²) in [5.41, 5.74) is 1.23. The van der Waals surface area contributed by atoms with Crippen LogP contribution in [0.2, 0.25) is 0 Å². The van der Waals surface area contributed by atoms with Gasteiger partial charge in [0.05, 0.1) is 22.5 Å². The topological polar surface area (TPSA) is 116 Å². The first kappa shape index (κ1) is 23.0. The summed E-state index contributed by atoms with van der Waals surface area (Å²) in [6.07, 6.45) is 3.56. The van der Waals surface area contributed by atoms with Gasteiger partial charge in [-0.15, -0.1) is 0 Å². The molecule has 2 aromatic rings. The number of fused-ring (bicyclic) bond motifs is 2. The molecule has 0 heterocycles. The molecule has 0 saturated carbocycles. The number of unbranched alkanes of at least 4 members (excludes halogenated alkanes) is 2. The van der Waals surface area contributed by atoms with Gasteiger partial charge in [0, 0.05) is 24.2 Å². The highest BCUT2D eigenvalue weighted by molar-refractivity contribution is 6.32. The van der Waals surface area contributed by atoms with Crippen molar-refractivity contribution in [3.63, 3.8) is 0 Å². The third-order valence-corrected chi connectivity index (χ3v) is 5.20. The van der Waals surface area contributed by atoms with E-state index in [2.05, 4.69) is 21.3 Å². The van der Waals surface area contributed by atoms with Crippen molar-refractivity contribution in [3.05, 3.63) is 58.7 Å². The molecule has 0 spiro atoms. The zero-order chi connectivity index (χ0) is 23.1. The third kappa shape index (κ3) is 4.96. The lowest BCUT2D eigenvalue weighted by molar-refractivity contribution is 0.0980. The van der Waals surface area contributed by atoms with Gasteiger partial charge in [0.15, 0.2) is 11.6 Å². The minimum Gasteiger partial charge on any atom is -0.338 e. The van der Waals surface area contributed by atoms with Crippen LogP contribution in [0.5, 0.6) is 0 Å². The molecule has 0 radical (unpaired) electrons. The van der Waals surface area contributed by atoms with Crippen LogP contribution in [0, 0.1) is 0 Å². The van der Waals surface area contributed by atoms with Gasteiger partial charge in [-0.05, 0) is 25.0 Å². The van der Waals surface area contributed by atoms with E-state index in [1.807, 2.05) is 13.8 Å². The molecule has 1 aliphatic carbocycles. The average Bonchev–Trinajstić information content (AvgIpc) is 2.77. The van der Waals surface area contributed by atoms with Crippen LogP contribution < -0.4 is 21.3 Å². The van der Waals surface area contributed by atoms with E-state index < -0.39 is 12.1 Å². The first-order chi connectivity index (χ1) is 15.5. The van der Waals surface area contributed by atoms with Crippen molar-refractivity contribution >= 4 is 35.0 Å². The Bertz CT molecular complexity index is 965. The Morgan fingerprint density at radius 1 is 0.688 bits per heavy atom. The summed E-state index contributed by atoms with van der Waals surface area (Å²) in [7, 11) is 0. The van der Waals surface area contributed by atoms with Crippen molar-refractivity contribution in [2.45, 2.75) is 39.5 Å². The monoisotopic (exact) mass is 436 g/mol. The highest BCUT2D eigenvalue weighted by Crippen LogP contribution is 2.35. The van der Waals surface area contributed by atoms with Crippen LogP contribution in [-0.4, -0.2) is 36.7 Å². The van der Waals surface area contributed by atoms with E-state index in [-0.39, 0.29) is 45.2 Å². The number of carbonyl (C=O) groups is 4. The van der Waals surface area contributed by atoms with Gasteiger partial charge in [-0.3, -0.25) is 9.59 Å². The van der Waals surface area contributed by atoms with E-state index in [1.165, 1.54) is 0 Å². The van der Waals surface area contributed by atoms with E-state index >= 15 is 0 Å². The zero-order valence-corrected chi connectivity index (χ0v) is 18.3. The Morgan fingerprint density at radius 2 is 1.09 bits per heavy atom. The number of carbonyl (C=O) groups excluding carboxylic acids is 4. The molecule has 0 aliphatic heterocycles. The summed E-state index contributed by atoms with van der Waals surface area (Å²) >= 11 is 0. The zero-order valence-electron chi connectivity index (χ0n) is 18.3. The number of nitrogens with one attached hydrogen (secondary N) is 4. The number of anilines is 2. The maximum atomic E-state index is 13.3. The summed E-state index contributed by atoms with van der Waals surface area (Å²) < 4.78 is 0. The average molecular weight is 437 g/mol. The van der Waals surface area contributed by atoms with Gasteiger partial charge >= 0.3 is 12.1 Å². The predicted octanol–water partition coefficient (Wildman–Crippen LogP) is 4.31. The van der Waals surface area contributed by atoms with Crippen LogP contribution in [0.3, 0.4) is 0 Å². The number of ketones is 2. The molecule has 1 aliphatic rings. The van der Waals surface area contributed by atoms with Crippen molar-refractivity contribution in [1.29, 1.82) is 0 Å². The first-order valence-electron chi connectivity index (χ1n) is 10.9. The SMILES string of the molecule is CCCCNC(=O)Nc1cccc2c1C(=O)c1cccc(NC(=O)NCCCC)c1C2=O. The number of hydrogen-bond acceptors (Lipinski definition) is 4. The summed E-state index contributed by atoms with van der Waals surface area (Å²) in [5, 5.41) is 10.8. The summed E-state index contributed by atoms with van der Waals surface area (Å²) in [6, 6.07) is 8.66. The maximum absolute atomic E-state index is 13.3. The lowest BCUT2D eigenvalue weighted by Gasteiger charge is -2.22. The number of benzene rings is 2. The van der Waals surface area contributed by atoms with Gasteiger partial charge in [0.1, 0.15) is 0 Å². The van der Waals surface area contributed by atoms with E-state index in [1.54, 1.807) is 36.4 Å². The molecule has 3 rings (SSSR count). The molecule has 0 saturated heterocycles. The van der Waals surface area contributed by atoms with E-state index in [0.29, 0.717) is 13.1 Å². The van der Waals surface area contributed by atoms with Gasteiger partial charge in [0.25, 0.3) is 0 Å². The molecular weight excluding hydrogens is 408 g/mol. The van der Waals surface area contributed by atoms with Gasteiger partial charge < -0.3 is 21.3 Å². The van der Waals surface area contributed by atoms with Crippen LogP contribution in [0.1, 0.15) is 71.4 Å². The summed E-state index contributed by atoms with van der Waals surface area (Å²) in [5.74, 6) is -0.761. The predicted molar refractivity (Wildman–Crippen MR) is 124 cm³/mol.